The molecule has 2 aromatic carbocycles. The molecule has 0 atom stereocenters. The van der Waals surface area contributed by atoms with Crippen LogP contribution < -0.4 is 10.1 Å². The number of hydrogen-bond donors (Lipinski definition) is 1. The van der Waals surface area contributed by atoms with Crippen LogP contribution in [0.15, 0.2) is 59.5 Å². The third-order valence-corrected chi connectivity index (χ3v) is 6.01. The fourth-order valence-corrected chi connectivity index (χ4v) is 4.36. The van der Waals surface area contributed by atoms with E-state index in [1.165, 1.54) is 17.3 Å². The van der Waals surface area contributed by atoms with Crippen LogP contribution >= 0.6 is 24.0 Å². The molecule has 1 aliphatic rings. The van der Waals surface area contributed by atoms with E-state index in [-0.39, 0.29) is 11.8 Å². The lowest BCUT2D eigenvalue weighted by Crippen LogP contribution is -2.31. The third-order valence-electron chi connectivity index (χ3n) is 4.63. The first-order valence-electron chi connectivity index (χ1n) is 9.77. The molecule has 5 nitrogen and oxygen atoms in total. The molecule has 0 unspecified atom stereocenters. The first-order valence-corrected chi connectivity index (χ1v) is 11.0. The lowest BCUT2D eigenvalue weighted by atomic mass is 10.1. The predicted molar refractivity (Wildman–Crippen MR) is 125 cm³/mol. The molecule has 2 amide bonds. The van der Waals surface area contributed by atoms with Crippen molar-refractivity contribution in [2.45, 2.75) is 19.3 Å². The molecule has 0 aromatic heterocycles. The molecular formula is C23H24N2O3S2. The van der Waals surface area contributed by atoms with Crippen LogP contribution in [0, 0.1) is 0 Å². The maximum Gasteiger partial charge on any atom is 0.266 e. The van der Waals surface area contributed by atoms with E-state index in [0.717, 1.165) is 17.7 Å². The maximum absolute atomic E-state index is 12.7. The normalized spacial score (nSPS) is 15.0. The van der Waals surface area contributed by atoms with Gasteiger partial charge in [-0.1, -0.05) is 66.4 Å². The molecule has 0 spiro atoms. The molecule has 1 N–H and O–H groups in total. The molecule has 2 aromatic rings. The van der Waals surface area contributed by atoms with E-state index in [4.69, 9.17) is 17.0 Å². The second-order valence-electron chi connectivity index (χ2n) is 6.80. The van der Waals surface area contributed by atoms with Crippen molar-refractivity contribution in [2.75, 3.05) is 20.2 Å². The minimum Gasteiger partial charge on any atom is -0.497 e. The lowest BCUT2D eigenvalue weighted by Gasteiger charge is -2.14. The van der Waals surface area contributed by atoms with Crippen molar-refractivity contribution in [1.82, 2.24) is 10.2 Å². The molecule has 30 heavy (non-hydrogen) atoms. The number of nitrogens with zero attached hydrogens (tertiary/aromatic N) is 1. The number of thioether (sulfide) groups is 1. The number of carbonyl (C=O) groups excluding carboxylic acids is 2. The van der Waals surface area contributed by atoms with Crippen molar-refractivity contribution in [3.63, 3.8) is 0 Å². The van der Waals surface area contributed by atoms with E-state index in [1.807, 2.05) is 60.7 Å². The standard InChI is InChI=1S/C23H24N2O3S2/c1-28-19-10-5-9-18(15-19)16-20-22(27)25(23(29)30-20)14-6-11-21(26)24-13-12-17-7-3-2-4-8-17/h2-5,7-10,15-16H,6,11-14H2,1H3,(H,24,26)/b20-16-. The van der Waals surface area contributed by atoms with Gasteiger partial charge in [0, 0.05) is 19.5 Å². The lowest BCUT2D eigenvalue weighted by molar-refractivity contribution is -0.123. The molecule has 0 radical (unpaired) electrons. The number of rotatable bonds is 9. The molecule has 1 aliphatic heterocycles. The molecule has 1 saturated heterocycles. The SMILES string of the molecule is COc1cccc(/C=C2\SC(=S)N(CCCC(=O)NCCc3ccccc3)C2=O)c1. The zero-order valence-corrected chi connectivity index (χ0v) is 18.4. The zero-order valence-electron chi connectivity index (χ0n) is 16.8. The summed E-state index contributed by atoms with van der Waals surface area (Å²) in [5.41, 5.74) is 2.07. The molecule has 3 rings (SSSR count). The molecule has 0 bridgehead atoms. The number of carbonyl (C=O) groups is 2. The van der Waals surface area contributed by atoms with Gasteiger partial charge in [0.2, 0.25) is 5.91 Å². The Hall–Kier alpha value is -2.64. The number of ether oxygens (including phenoxy) is 1. The van der Waals surface area contributed by atoms with E-state index in [2.05, 4.69) is 5.32 Å². The minimum atomic E-state index is -0.114. The number of methoxy groups -OCH3 is 1. The van der Waals surface area contributed by atoms with Gasteiger partial charge in [0.05, 0.1) is 12.0 Å². The summed E-state index contributed by atoms with van der Waals surface area (Å²) in [4.78, 5) is 26.9. The molecular weight excluding hydrogens is 416 g/mol. The van der Waals surface area contributed by atoms with Crippen LogP contribution in [0.3, 0.4) is 0 Å². The van der Waals surface area contributed by atoms with E-state index in [0.29, 0.717) is 35.2 Å². The van der Waals surface area contributed by atoms with Crippen molar-refractivity contribution in [2.24, 2.45) is 0 Å². The van der Waals surface area contributed by atoms with Crippen LogP contribution in [0.5, 0.6) is 5.75 Å². The summed E-state index contributed by atoms with van der Waals surface area (Å²) in [5, 5.41) is 2.93. The van der Waals surface area contributed by atoms with Gasteiger partial charge in [-0.25, -0.2) is 0 Å². The van der Waals surface area contributed by atoms with Crippen molar-refractivity contribution in [3.8, 4) is 5.75 Å². The van der Waals surface area contributed by atoms with Gasteiger partial charge in [0.1, 0.15) is 10.1 Å². The molecule has 0 saturated carbocycles. The Bertz CT molecular complexity index is 944. The summed E-state index contributed by atoms with van der Waals surface area (Å²) >= 11 is 6.65. The summed E-state index contributed by atoms with van der Waals surface area (Å²) in [5.74, 6) is 0.609. The van der Waals surface area contributed by atoms with Crippen LogP contribution in [0.1, 0.15) is 24.0 Å². The quantitative estimate of drug-likeness (QED) is 0.471. The summed E-state index contributed by atoms with van der Waals surface area (Å²) in [6.07, 6.45) is 3.55. The van der Waals surface area contributed by atoms with Crippen LogP contribution in [0.4, 0.5) is 0 Å². The third kappa shape index (κ3) is 6.18. The van der Waals surface area contributed by atoms with Gasteiger partial charge in [-0.2, -0.15) is 0 Å². The van der Waals surface area contributed by atoms with E-state index in [1.54, 1.807) is 12.0 Å². The predicted octanol–water partition coefficient (Wildman–Crippen LogP) is 4.04. The van der Waals surface area contributed by atoms with Gasteiger partial charge in [0.15, 0.2) is 0 Å². The van der Waals surface area contributed by atoms with Gasteiger partial charge in [-0.15, -0.1) is 0 Å². The monoisotopic (exact) mass is 440 g/mol. The van der Waals surface area contributed by atoms with Crippen LogP contribution in [-0.2, 0) is 16.0 Å². The van der Waals surface area contributed by atoms with Crippen LogP contribution in [-0.4, -0.2) is 41.2 Å². The summed E-state index contributed by atoms with van der Waals surface area (Å²) < 4.78 is 5.75. The van der Waals surface area contributed by atoms with Gasteiger partial charge in [-0.05, 0) is 42.2 Å². The van der Waals surface area contributed by atoms with Crippen molar-refractivity contribution in [1.29, 1.82) is 0 Å². The van der Waals surface area contributed by atoms with Crippen molar-refractivity contribution < 1.29 is 14.3 Å². The van der Waals surface area contributed by atoms with Gasteiger partial charge < -0.3 is 10.1 Å². The molecule has 0 aliphatic carbocycles. The van der Waals surface area contributed by atoms with Crippen LogP contribution in [0.25, 0.3) is 6.08 Å². The highest BCUT2D eigenvalue weighted by atomic mass is 32.2. The number of hydrogen-bond acceptors (Lipinski definition) is 5. The summed E-state index contributed by atoms with van der Waals surface area (Å²) in [6, 6.07) is 17.5. The number of nitrogens with one attached hydrogen (secondary N) is 1. The average Bonchev–Trinajstić information content (AvgIpc) is 3.02. The molecule has 1 heterocycles. The molecule has 1 fully saturated rings. The number of amides is 2. The summed E-state index contributed by atoms with van der Waals surface area (Å²) in [7, 11) is 1.61. The Balaban J connectivity index is 1.45. The largest absolute Gasteiger partial charge is 0.497 e. The van der Waals surface area contributed by atoms with Gasteiger partial charge >= 0.3 is 0 Å². The Morgan fingerprint density at radius 1 is 1.20 bits per heavy atom. The number of thiocarbonyl (C=S) groups is 1. The van der Waals surface area contributed by atoms with E-state index in [9.17, 15) is 9.59 Å². The topological polar surface area (TPSA) is 58.6 Å². The van der Waals surface area contributed by atoms with E-state index >= 15 is 0 Å². The number of benzene rings is 2. The second-order valence-corrected chi connectivity index (χ2v) is 8.47. The molecule has 7 heteroatoms. The maximum atomic E-state index is 12.7. The minimum absolute atomic E-state index is 0.0108. The van der Waals surface area contributed by atoms with Gasteiger partial charge in [-0.3, -0.25) is 14.5 Å². The highest BCUT2D eigenvalue weighted by molar-refractivity contribution is 8.26. The Labute approximate surface area is 186 Å². The zero-order chi connectivity index (χ0) is 21.3. The first-order chi connectivity index (χ1) is 14.6. The Kier molecular flexibility index (Phi) is 8.04. The fraction of sp³-hybridized carbons (Fsp3) is 0.261. The highest BCUT2D eigenvalue weighted by Crippen LogP contribution is 2.33. The molecule has 156 valence electrons. The summed E-state index contributed by atoms with van der Waals surface area (Å²) in [6.45, 7) is 1.04. The average molecular weight is 441 g/mol. The highest BCUT2D eigenvalue weighted by Gasteiger charge is 2.31. The van der Waals surface area contributed by atoms with Gasteiger partial charge in [0.25, 0.3) is 5.91 Å². The van der Waals surface area contributed by atoms with E-state index < -0.39 is 0 Å². The second kappa shape index (κ2) is 10.9. The van der Waals surface area contributed by atoms with Crippen LogP contribution in [0.2, 0.25) is 0 Å². The first kappa shape index (κ1) is 22.1. The van der Waals surface area contributed by atoms with Crippen molar-refractivity contribution in [3.05, 3.63) is 70.6 Å². The van der Waals surface area contributed by atoms with Crippen molar-refractivity contribution >= 4 is 46.2 Å². The Morgan fingerprint density at radius 3 is 2.77 bits per heavy atom. The fourth-order valence-electron chi connectivity index (χ4n) is 3.05. The Morgan fingerprint density at radius 2 is 2.00 bits per heavy atom. The smallest absolute Gasteiger partial charge is 0.266 e.